The summed E-state index contributed by atoms with van der Waals surface area (Å²) in [6.07, 6.45) is 1.76. The summed E-state index contributed by atoms with van der Waals surface area (Å²) < 4.78 is 5.45. The lowest BCUT2D eigenvalue weighted by Crippen LogP contribution is -2.28. The van der Waals surface area contributed by atoms with Crippen LogP contribution in [0.4, 0.5) is 5.69 Å². The molecule has 0 aromatic heterocycles. The average Bonchev–Trinajstić information content (AvgIpc) is 2.97. The number of hydrogen-bond acceptors (Lipinski definition) is 5. The molecule has 0 spiro atoms. The molecule has 3 rings (SSSR count). The fourth-order valence-electron chi connectivity index (χ4n) is 2.68. The van der Waals surface area contributed by atoms with Gasteiger partial charge in [0.15, 0.2) is 11.8 Å². The van der Waals surface area contributed by atoms with Gasteiger partial charge in [0.25, 0.3) is 11.8 Å². The topological polar surface area (TPSA) is 85.0 Å². The van der Waals surface area contributed by atoms with Gasteiger partial charge < -0.3 is 10.5 Å². The van der Waals surface area contributed by atoms with Crippen LogP contribution in [-0.4, -0.2) is 35.0 Å². The molecule has 1 aliphatic rings. The van der Waals surface area contributed by atoms with E-state index in [1.807, 2.05) is 50.2 Å². The largest absolute Gasteiger partial charge is 0.483 e. The molecule has 0 radical (unpaired) electrons. The smallest absolute Gasteiger partial charge is 0.266 e. The summed E-state index contributed by atoms with van der Waals surface area (Å²) in [7, 11) is 0. The van der Waals surface area contributed by atoms with E-state index in [4.69, 9.17) is 10.5 Å². The number of amides is 2. The van der Waals surface area contributed by atoms with Crippen molar-refractivity contribution in [2.45, 2.75) is 13.8 Å². The summed E-state index contributed by atoms with van der Waals surface area (Å²) in [5.74, 6) is -0.169. The van der Waals surface area contributed by atoms with Crippen molar-refractivity contribution < 1.29 is 14.3 Å². The summed E-state index contributed by atoms with van der Waals surface area (Å²) in [5.41, 5.74) is 7.74. The maximum Gasteiger partial charge on any atom is 0.266 e. The second kappa shape index (κ2) is 8.75. The molecule has 0 aliphatic carbocycles. The normalized spacial score (nSPS) is 16.8. The lowest BCUT2D eigenvalue weighted by Gasteiger charge is -2.12. The lowest BCUT2D eigenvalue weighted by atomic mass is 10.2. The van der Waals surface area contributed by atoms with Crippen molar-refractivity contribution in [2.24, 2.45) is 10.7 Å². The first-order valence-corrected chi connectivity index (χ1v) is 9.67. The fourth-order valence-corrected chi connectivity index (χ4v) is 3.73. The predicted molar refractivity (Wildman–Crippen MR) is 112 cm³/mol. The van der Waals surface area contributed by atoms with E-state index in [1.54, 1.807) is 23.1 Å². The number of benzene rings is 2. The van der Waals surface area contributed by atoms with Gasteiger partial charge >= 0.3 is 0 Å². The summed E-state index contributed by atoms with van der Waals surface area (Å²) in [6, 6.07) is 15.0. The number of aliphatic imine (C=N–C) groups is 1. The van der Waals surface area contributed by atoms with E-state index in [-0.39, 0.29) is 12.5 Å². The van der Waals surface area contributed by atoms with E-state index in [1.165, 1.54) is 11.8 Å². The molecule has 0 unspecified atom stereocenters. The monoisotopic (exact) mass is 395 g/mol. The standard InChI is InChI=1S/C21H21N3O3S/c1-3-24-20(26)18(28-21(24)23-16-10-6-4-8-14(16)2)12-15-9-5-7-11-17(15)27-13-19(22)25/h4-12H,3,13H2,1-2H3,(H2,22,25)/b18-12+,23-21?. The predicted octanol–water partition coefficient (Wildman–Crippen LogP) is 3.48. The van der Waals surface area contributed by atoms with E-state index in [9.17, 15) is 9.59 Å². The number of rotatable bonds is 6. The number of aryl methyl sites for hydroxylation is 1. The Labute approximate surface area is 168 Å². The second-order valence-corrected chi connectivity index (χ2v) is 7.14. The molecule has 2 aromatic rings. The summed E-state index contributed by atoms with van der Waals surface area (Å²) in [4.78, 5) is 30.7. The van der Waals surface area contributed by atoms with Crippen molar-refractivity contribution in [3.8, 4) is 5.75 Å². The van der Waals surface area contributed by atoms with Crippen LogP contribution in [0.2, 0.25) is 0 Å². The van der Waals surface area contributed by atoms with Crippen LogP contribution >= 0.6 is 11.8 Å². The Balaban J connectivity index is 1.93. The van der Waals surface area contributed by atoms with Crippen molar-refractivity contribution in [3.63, 3.8) is 0 Å². The number of carbonyl (C=O) groups is 2. The van der Waals surface area contributed by atoms with Gasteiger partial charge in [-0.05, 0) is 49.4 Å². The van der Waals surface area contributed by atoms with Gasteiger partial charge in [0.1, 0.15) is 5.75 Å². The minimum Gasteiger partial charge on any atom is -0.483 e. The lowest BCUT2D eigenvalue weighted by molar-refractivity contribution is -0.122. The molecule has 1 fully saturated rings. The van der Waals surface area contributed by atoms with Gasteiger partial charge in [0.05, 0.1) is 10.6 Å². The number of hydrogen-bond donors (Lipinski definition) is 1. The van der Waals surface area contributed by atoms with Crippen LogP contribution in [0.15, 0.2) is 58.4 Å². The number of primary amides is 1. The Morgan fingerprint density at radius 2 is 1.93 bits per heavy atom. The Kier molecular flexibility index (Phi) is 6.16. The van der Waals surface area contributed by atoms with Crippen LogP contribution in [0.1, 0.15) is 18.1 Å². The Morgan fingerprint density at radius 1 is 1.21 bits per heavy atom. The van der Waals surface area contributed by atoms with E-state index in [0.29, 0.717) is 27.9 Å². The van der Waals surface area contributed by atoms with Gasteiger partial charge in [-0.25, -0.2) is 4.99 Å². The summed E-state index contributed by atoms with van der Waals surface area (Å²) >= 11 is 1.32. The maximum absolute atomic E-state index is 12.8. The third kappa shape index (κ3) is 4.43. The van der Waals surface area contributed by atoms with Crippen LogP contribution < -0.4 is 10.5 Å². The number of nitrogens with zero attached hydrogens (tertiary/aromatic N) is 2. The number of para-hydroxylation sites is 2. The number of carbonyl (C=O) groups excluding carboxylic acids is 2. The number of thioether (sulfide) groups is 1. The molecule has 1 aliphatic heterocycles. The highest BCUT2D eigenvalue weighted by molar-refractivity contribution is 8.18. The van der Waals surface area contributed by atoms with Crippen molar-refractivity contribution in [3.05, 3.63) is 64.6 Å². The van der Waals surface area contributed by atoms with Crippen molar-refractivity contribution >= 4 is 40.5 Å². The molecule has 0 atom stereocenters. The van der Waals surface area contributed by atoms with Gasteiger partial charge in [-0.1, -0.05) is 36.4 Å². The molecule has 144 valence electrons. The SMILES string of the molecule is CCN1C(=O)/C(=C\c2ccccc2OCC(N)=O)SC1=Nc1ccccc1C. The molecule has 7 heteroatoms. The zero-order chi connectivity index (χ0) is 20.1. The van der Waals surface area contributed by atoms with Crippen LogP contribution in [0, 0.1) is 6.92 Å². The van der Waals surface area contributed by atoms with Crippen LogP contribution in [-0.2, 0) is 9.59 Å². The highest BCUT2D eigenvalue weighted by Crippen LogP contribution is 2.35. The van der Waals surface area contributed by atoms with Gasteiger partial charge in [-0.3, -0.25) is 14.5 Å². The first-order chi connectivity index (χ1) is 13.5. The Morgan fingerprint density at radius 3 is 2.64 bits per heavy atom. The maximum atomic E-state index is 12.8. The molecule has 2 aromatic carbocycles. The molecule has 0 bridgehead atoms. The molecule has 6 nitrogen and oxygen atoms in total. The summed E-state index contributed by atoms with van der Waals surface area (Å²) in [6.45, 7) is 4.20. The molecular formula is C21H21N3O3S. The quantitative estimate of drug-likeness (QED) is 0.759. The van der Waals surface area contributed by atoms with Crippen LogP contribution in [0.25, 0.3) is 6.08 Å². The minimum atomic E-state index is -0.557. The third-order valence-electron chi connectivity index (χ3n) is 4.11. The van der Waals surface area contributed by atoms with E-state index < -0.39 is 5.91 Å². The molecule has 2 amide bonds. The molecule has 1 heterocycles. The molecule has 1 saturated heterocycles. The number of ether oxygens (including phenoxy) is 1. The Bertz CT molecular complexity index is 969. The van der Waals surface area contributed by atoms with Gasteiger partial charge in [0.2, 0.25) is 0 Å². The molecule has 2 N–H and O–H groups in total. The number of nitrogens with two attached hydrogens (primary N) is 1. The van der Waals surface area contributed by atoms with Crippen LogP contribution in [0.5, 0.6) is 5.75 Å². The van der Waals surface area contributed by atoms with Gasteiger partial charge in [-0.2, -0.15) is 0 Å². The van der Waals surface area contributed by atoms with Gasteiger partial charge in [-0.15, -0.1) is 0 Å². The van der Waals surface area contributed by atoms with Crippen molar-refractivity contribution in [1.82, 2.24) is 4.90 Å². The highest BCUT2D eigenvalue weighted by atomic mass is 32.2. The Hall–Kier alpha value is -3.06. The van der Waals surface area contributed by atoms with E-state index in [2.05, 4.69) is 4.99 Å². The number of likely N-dealkylation sites (N-methyl/N-ethyl adjacent to an activating group) is 1. The fraction of sp³-hybridized carbons (Fsp3) is 0.190. The van der Waals surface area contributed by atoms with E-state index >= 15 is 0 Å². The first-order valence-electron chi connectivity index (χ1n) is 8.85. The van der Waals surface area contributed by atoms with Crippen LogP contribution in [0.3, 0.4) is 0 Å². The average molecular weight is 395 g/mol. The first kappa shape index (κ1) is 19.7. The van der Waals surface area contributed by atoms with Crippen molar-refractivity contribution in [2.75, 3.05) is 13.2 Å². The van der Waals surface area contributed by atoms with E-state index in [0.717, 1.165) is 11.3 Å². The molecular weight excluding hydrogens is 374 g/mol. The highest BCUT2D eigenvalue weighted by Gasteiger charge is 2.32. The zero-order valence-electron chi connectivity index (χ0n) is 15.7. The minimum absolute atomic E-state index is 0.107. The van der Waals surface area contributed by atoms with Crippen molar-refractivity contribution in [1.29, 1.82) is 0 Å². The third-order valence-corrected chi connectivity index (χ3v) is 5.12. The molecule has 0 saturated carbocycles. The summed E-state index contributed by atoms with van der Waals surface area (Å²) in [5, 5.41) is 0.642. The second-order valence-electron chi connectivity index (χ2n) is 6.13. The van der Waals surface area contributed by atoms with Gasteiger partial charge in [0, 0.05) is 12.1 Å². The molecule has 28 heavy (non-hydrogen) atoms. The zero-order valence-corrected chi connectivity index (χ0v) is 16.5. The number of amidine groups is 1.